The Bertz CT molecular complexity index is 956. The summed E-state index contributed by atoms with van der Waals surface area (Å²) in [5.41, 5.74) is 14.0. The van der Waals surface area contributed by atoms with Crippen molar-refractivity contribution in [3.8, 4) is 0 Å². The Kier molecular flexibility index (Phi) is 4.12. The van der Waals surface area contributed by atoms with Gasteiger partial charge in [0.25, 0.3) is 0 Å². The Hall–Kier alpha value is -3.40. The second-order valence-corrected chi connectivity index (χ2v) is 5.55. The van der Waals surface area contributed by atoms with E-state index >= 15 is 0 Å². The number of nitrogens with two attached hydrogens (primary N) is 2. The van der Waals surface area contributed by atoms with Gasteiger partial charge >= 0.3 is 0 Å². The van der Waals surface area contributed by atoms with E-state index in [1.54, 1.807) is 12.1 Å². The Labute approximate surface area is 139 Å². The number of amidine groups is 1. The highest BCUT2D eigenvalue weighted by Gasteiger charge is 2.00. The first-order valence-corrected chi connectivity index (χ1v) is 7.49. The van der Waals surface area contributed by atoms with Gasteiger partial charge in [0.15, 0.2) is 0 Å². The molecule has 3 aromatic carbocycles. The number of amides is 1. The Morgan fingerprint density at radius 1 is 0.750 bits per heavy atom. The van der Waals surface area contributed by atoms with E-state index < -0.39 is 5.91 Å². The van der Waals surface area contributed by atoms with E-state index in [0.29, 0.717) is 5.56 Å². The average molecular weight is 315 g/mol. The molecule has 0 fully saturated rings. The summed E-state index contributed by atoms with van der Waals surface area (Å²) in [4.78, 5) is 11.1. The van der Waals surface area contributed by atoms with Crippen LogP contribution in [0.2, 0.25) is 0 Å². The van der Waals surface area contributed by atoms with E-state index in [4.69, 9.17) is 16.9 Å². The molecule has 24 heavy (non-hydrogen) atoms. The quantitative estimate of drug-likeness (QED) is 0.391. The van der Waals surface area contributed by atoms with Crippen LogP contribution in [0.25, 0.3) is 22.9 Å². The van der Waals surface area contributed by atoms with Crippen LogP contribution >= 0.6 is 0 Å². The molecule has 0 heterocycles. The zero-order valence-electron chi connectivity index (χ0n) is 13.0. The number of carbonyl (C=O) groups excluding carboxylic acids is 1. The molecule has 0 aliphatic rings. The average Bonchev–Trinajstić information content (AvgIpc) is 2.59. The van der Waals surface area contributed by atoms with Gasteiger partial charge in [0.05, 0.1) is 0 Å². The smallest absolute Gasteiger partial charge is 0.248 e. The molecular formula is C20H17N3O. The highest BCUT2D eigenvalue weighted by Crippen LogP contribution is 2.19. The molecule has 4 heteroatoms. The predicted molar refractivity (Wildman–Crippen MR) is 98.9 cm³/mol. The van der Waals surface area contributed by atoms with Crippen molar-refractivity contribution in [1.29, 1.82) is 5.41 Å². The van der Waals surface area contributed by atoms with Crippen molar-refractivity contribution in [2.75, 3.05) is 0 Å². The molecule has 0 aromatic heterocycles. The number of hydrogen-bond donors (Lipinski definition) is 3. The third kappa shape index (κ3) is 3.33. The van der Waals surface area contributed by atoms with E-state index in [1.807, 2.05) is 54.6 Å². The molecule has 0 saturated heterocycles. The van der Waals surface area contributed by atoms with E-state index in [-0.39, 0.29) is 5.84 Å². The van der Waals surface area contributed by atoms with Crippen molar-refractivity contribution in [3.63, 3.8) is 0 Å². The highest BCUT2D eigenvalue weighted by molar-refractivity contribution is 5.99. The Morgan fingerprint density at radius 3 is 1.96 bits per heavy atom. The van der Waals surface area contributed by atoms with Crippen LogP contribution in [0.15, 0.2) is 60.7 Å². The first-order valence-electron chi connectivity index (χ1n) is 7.49. The minimum Gasteiger partial charge on any atom is -0.384 e. The van der Waals surface area contributed by atoms with E-state index in [0.717, 1.165) is 27.5 Å². The SMILES string of the molecule is N=C(N)c1ccc2cc(/C=C/c3ccc(C(N)=O)cc3)ccc2c1. The summed E-state index contributed by atoms with van der Waals surface area (Å²) in [5, 5.41) is 9.63. The summed E-state index contributed by atoms with van der Waals surface area (Å²) in [6, 6.07) is 19.0. The van der Waals surface area contributed by atoms with Gasteiger partial charge in [0, 0.05) is 11.1 Å². The van der Waals surface area contributed by atoms with Crippen LogP contribution in [-0.2, 0) is 0 Å². The molecule has 0 aliphatic carbocycles. The minimum absolute atomic E-state index is 0.0697. The molecule has 3 aromatic rings. The molecule has 3 rings (SSSR count). The lowest BCUT2D eigenvalue weighted by Gasteiger charge is -2.03. The van der Waals surface area contributed by atoms with Gasteiger partial charge < -0.3 is 11.5 Å². The fourth-order valence-electron chi connectivity index (χ4n) is 2.49. The van der Waals surface area contributed by atoms with Gasteiger partial charge in [-0.1, -0.05) is 48.6 Å². The van der Waals surface area contributed by atoms with Gasteiger partial charge in [-0.2, -0.15) is 0 Å². The monoisotopic (exact) mass is 315 g/mol. The van der Waals surface area contributed by atoms with E-state index in [2.05, 4.69) is 6.07 Å². The largest absolute Gasteiger partial charge is 0.384 e. The fourth-order valence-corrected chi connectivity index (χ4v) is 2.49. The van der Waals surface area contributed by atoms with Gasteiger partial charge in [-0.25, -0.2) is 0 Å². The molecule has 0 radical (unpaired) electrons. The van der Waals surface area contributed by atoms with Gasteiger partial charge in [-0.05, 0) is 46.2 Å². The van der Waals surface area contributed by atoms with Crippen LogP contribution in [-0.4, -0.2) is 11.7 Å². The maximum absolute atomic E-state index is 11.1. The molecular weight excluding hydrogens is 298 g/mol. The van der Waals surface area contributed by atoms with Crippen molar-refractivity contribution in [2.24, 2.45) is 11.5 Å². The summed E-state index contributed by atoms with van der Waals surface area (Å²) < 4.78 is 0. The molecule has 118 valence electrons. The maximum Gasteiger partial charge on any atom is 0.248 e. The molecule has 0 spiro atoms. The Balaban J connectivity index is 1.85. The number of benzene rings is 3. The molecule has 5 N–H and O–H groups in total. The summed E-state index contributed by atoms with van der Waals surface area (Å²) in [5.74, 6) is -0.356. The second kappa shape index (κ2) is 6.38. The first-order chi connectivity index (χ1) is 11.5. The molecule has 0 saturated carbocycles. The van der Waals surface area contributed by atoms with Crippen molar-refractivity contribution >= 4 is 34.7 Å². The van der Waals surface area contributed by atoms with Crippen LogP contribution in [0.4, 0.5) is 0 Å². The molecule has 0 atom stereocenters. The van der Waals surface area contributed by atoms with Crippen molar-refractivity contribution in [3.05, 3.63) is 82.9 Å². The highest BCUT2D eigenvalue weighted by atomic mass is 16.1. The van der Waals surface area contributed by atoms with Gasteiger partial charge in [-0.3, -0.25) is 10.2 Å². The zero-order valence-corrected chi connectivity index (χ0v) is 13.0. The van der Waals surface area contributed by atoms with Crippen molar-refractivity contribution in [2.45, 2.75) is 0 Å². The standard InChI is InChI=1S/C20H17N3O/c21-19(22)18-10-9-16-11-14(5-8-17(16)12-18)2-1-13-3-6-15(7-4-13)20(23)24/h1-12H,(H3,21,22)(H2,23,24)/b2-1+. The number of nitrogen functional groups attached to an aromatic ring is 1. The number of nitrogens with one attached hydrogen (secondary N) is 1. The predicted octanol–water partition coefficient (Wildman–Crippen LogP) is 3.39. The lowest BCUT2D eigenvalue weighted by atomic mass is 10.0. The fraction of sp³-hybridized carbons (Fsp3) is 0. The zero-order chi connectivity index (χ0) is 17.1. The number of carbonyl (C=O) groups is 1. The van der Waals surface area contributed by atoms with Crippen molar-refractivity contribution in [1.82, 2.24) is 0 Å². The maximum atomic E-state index is 11.1. The van der Waals surface area contributed by atoms with E-state index in [9.17, 15) is 4.79 Å². The topological polar surface area (TPSA) is 93.0 Å². The molecule has 0 unspecified atom stereocenters. The summed E-state index contributed by atoms with van der Waals surface area (Å²) >= 11 is 0. The van der Waals surface area contributed by atoms with Gasteiger partial charge in [0.2, 0.25) is 5.91 Å². The number of primary amides is 1. The molecule has 0 aliphatic heterocycles. The second-order valence-electron chi connectivity index (χ2n) is 5.55. The summed E-state index contributed by atoms with van der Waals surface area (Å²) in [6.45, 7) is 0. The van der Waals surface area contributed by atoms with Gasteiger partial charge in [0.1, 0.15) is 5.84 Å². The number of fused-ring (bicyclic) bond motifs is 1. The molecule has 4 nitrogen and oxygen atoms in total. The lowest BCUT2D eigenvalue weighted by Crippen LogP contribution is -2.10. The van der Waals surface area contributed by atoms with Crippen LogP contribution < -0.4 is 11.5 Å². The summed E-state index contributed by atoms with van der Waals surface area (Å²) in [6.07, 6.45) is 3.99. The Morgan fingerprint density at radius 2 is 1.29 bits per heavy atom. The molecule has 1 amide bonds. The minimum atomic E-state index is -0.426. The molecule has 0 bridgehead atoms. The van der Waals surface area contributed by atoms with Crippen LogP contribution in [0.3, 0.4) is 0 Å². The van der Waals surface area contributed by atoms with Crippen molar-refractivity contribution < 1.29 is 4.79 Å². The first kappa shape index (κ1) is 15.5. The third-order valence-electron chi connectivity index (χ3n) is 3.84. The van der Waals surface area contributed by atoms with Crippen LogP contribution in [0, 0.1) is 5.41 Å². The lowest BCUT2D eigenvalue weighted by molar-refractivity contribution is 0.100. The van der Waals surface area contributed by atoms with E-state index in [1.165, 1.54) is 0 Å². The number of hydrogen-bond acceptors (Lipinski definition) is 2. The van der Waals surface area contributed by atoms with Gasteiger partial charge in [-0.15, -0.1) is 0 Å². The van der Waals surface area contributed by atoms with Crippen LogP contribution in [0.1, 0.15) is 27.0 Å². The van der Waals surface area contributed by atoms with Crippen LogP contribution in [0.5, 0.6) is 0 Å². The normalized spacial score (nSPS) is 11.0. The number of rotatable bonds is 4. The summed E-state index contributed by atoms with van der Waals surface area (Å²) in [7, 11) is 0. The third-order valence-corrected chi connectivity index (χ3v) is 3.84.